The molecule has 0 aliphatic heterocycles. The second-order valence-electron chi connectivity index (χ2n) is 3.15. The van der Waals surface area contributed by atoms with Crippen molar-refractivity contribution in [3.8, 4) is 0 Å². The predicted molar refractivity (Wildman–Crippen MR) is 52.9 cm³/mol. The minimum absolute atomic E-state index is 0.329. The van der Waals surface area contributed by atoms with Crippen LogP contribution in [0.1, 0.15) is 21.5 Å². The standard InChI is InChI=1S/C11H8F4O2/c1-6(12)7-3-4-8(10(16)17-2)9(5-7)11(13,14)15/h3-5H,1H2,2H3. The van der Waals surface area contributed by atoms with Gasteiger partial charge in [0.1, 0.15) is 5.83 Å². The molecule has 1 aromatic carbocycles. The zero-order chi connectivity index (χ0) is 13.2. The average molecular weight is 248 g/mol. The van der Waals surface area contributed by atoms with E-state index < -0.39 is 29.1 Å². The summed E-state index contributed by atoms with van der Waals surface area (Å²) in [5.41, 5.74) is -2.24. The van der Waals surface area contributed by atoms with E-state index in [2.05, 4.69) is 11.3 Å². The molecule has 2 nitrogen and oxygen atoms in total. The maximum absolute atomic E-state index is 12.7. The molecular weight excluding hydrogens is 240 g/mol. The van der Waals surface area contributed by atoms with Gasteiger partial charge in [0.2, 0.25) is 0 Å². The number of rotatable bonds is 2. The Hall–Kier alpha value is -1.85. The largest absolute Gasteiger partial charge is 0.465 e. The van der Waals surface area contributed by atoms with E-state index in [0.29, 0.717) is 6.07 Å². The van der Waals surface area contributed by atoms with E-state index in [-0.39, 0.29) is 5.56 Å². The van der Waals surface area contributed by atoms with E-state index in [9.17, 15) is 22.4 Å². The van der Waals surface area contributed by atoms with Gasteiger partial charge in [-0.1, -0.05) is 12.6 Å². The van der Waals surface area contributed by atoms with Crippen LogP contribution in [0.2, 0.25) is 0 Å². The van der Waals surface area contributed by atoms with Gasteiger partial charge in [-0.15, -0.1) is 0 Å². The number of benzene rings is 1. The maximum Gasteiger partial charge on any atom is 0.417 e. The molecule has 0 saturated heterocycles. The van der Waals surface area contributed by atoms with Crippen molar-refractivity contribution in [3.05, 3.63) is 41.5 Å². The Labute approximate surface area is 94.5 Å². The highest BCUT2D eigenvalue weighted by atomic mass is 19.4. The summed E-state index contributed by atoms with van der Waals surface area (Å²) in [6.45, 7) is 2.89. The first-order valence-corrected chi connectivity index (χ1v) is 4.41. The lowest BCUT2D eigenvalue weighted by Crippen LogP contribution is -2.14. The van der Waals surface area contributed by atoms with E-state index in [1.807, 2.05) is 0 Å². The van der Waals surface area contributed by atoms with Gasteiger partial charge < -0.3 is 4.74 Å². The quantitative estimate of drug-likeness (QED) is 0.592. The second-order valence-corrected chi connectivity index (χ2v) is 3.15. The Bertz CT molecular complexity index is 463. The molecule has 0 bridgehead atoms. The molecule has 92 valence electrons. The third-order valence-electron chi connectivity index (χ3n) is 2.04. The van der Waals surface area contributed by atoms with Crippen molar-refractivity contribution in [2.75, 3.05) is 7.11 Å². The number of halogens is 4. The van der Waals surface area contributed by atoms with Crippen molar-refractivity contribution in [1.82, 2.24) is 0 Å². The fourth-order valence-electron chi connectivity index (χ4n) is 1.24. The molecule has 0 heterocycles. The lowest BCUT2D eigenvalue weighted by Gasteiger charge is -2.12. The summed E-state index contributed by atoms with van der Waals surface area (Å²) in [5, 5.41) is 0. The summed E-state index contributed by atoms with van der Waals surface area (Å²) in [6.07, 6.45) is -4.77. The van der Waals surface area contributed by atoms with E-state index in [1.165, 1.54) is 0 Å². The van der Waals surface area contributed by atoms with Crippen LogP contribution in [0.25, 0.3) is 5.83 Å². The first-order chi connectivity index (χ1) is 7.77. The smallest absolute Gasteiger partial charge is 0.417 e. The topological polar surface area (TPSA) is 26.3 Å². The Kier molecular flexibility index (Phi) is 3.55. The van der Waals surface area contributed by atoms with E-state index in [4.69, 9.17) is 0 Å². The van der Waals surface area contributed by atoms with Gasteiger partial charge in [-0.2, -0.15) is 13.2 Å². The molecule has 0 aromatic heterocycles. The minimum atomic E-state index is -4.77. The molecular formula is C11H8F4O2. The first kappa shape index (κ1) is 13.2. The molecule has 0 spiro atoms. The van der Waals surface area contributed by atoms with Gasteiger partial charge in [0.25, 0.3) is 0 Å². The average Bonchev–Trinajstić information content (AvgIpc) is 2.26. The molecule has 6 heteroatoms. The lowest BCUT2D eigenvalue weighted by atomic mass is 10.0. The summed E-state index contributed by atoms with van der Waals surface area (Å²) in [6, 6.07) is 2.41. The molecule has 0 aliphatic carbocycles. The monoisotopic (exact) mass is 248 g/mol. The fraction of sp³-hybridized carbons (Fsp3) is 0.182. The van der Waals surface area contributed by atoms with Crippen LogP contribution in [0, 0.1) is 0 Å². The Balaban J connectivity index is 3.42. The summed E-state index contributed by atoms with van der Waals surface area (Å²) in [4.78, 5) is 11.1. The maximum atomic E-state index is 12.7. The van der Waals surface area contributed by atoms with Gasteiger partial charge in [-0.3, -0.25) is 0 Å². The van der Waals surface area contributed by atoms with Gasteiger partial charge in [0.15, 0.2) is 0 Å². The number of methoxy groups -OCH3 is 1. The molecule has 0 amide bonds. The molecule has 1 rings (SSSR count). The van der Waals surface area contributed by atoms with Crippen molar-refractivity contribution < 1.29 is 27.1 Å². The van der Waals surface area contributed by atoms with E-state index in [1.54, 1.807) is 0 Å². The van der Waals surface area contributed by atoms with E-state index >= 15 is 0 Å². The van der Waals surface area contributed by atoms with Gasteiger partial charge in [-0.25, -0.2) is 9.18 Å². The second kappa shape index (κ2) is 4.57. The van der Waals surface area contributed by atoms with Crippen molar-refractivity contribution in [1.29, 1.82) is 0 Å². The summed E-state index contributed by atoms with van der Waals surface area (Å²) >= 11 is 0. The molecule has 17 heavy (non-hydrogen) atoms. The molecule has 0 N–H and O–H groups in total. The Morgan fingerprint density at radius 1 is 1.35 bits per heavy atom. The van der Waals surface area contributed by atoms with Crippen LogP contribution >= 0.6 is 0 Å². The Morgan fingerprint density at radius 3 is 2.35 bits per heavy atom. The van der Waals surface area contributed by atoms with E-state index in [0.717, 1.165) is 19.2 Å². The zero-order valence-electron chi connectivity index (χ0n) is 8.77. The molecule has 0 unspecified atom stereocenters. The normalized spacial score (nSPS) is 11.1. The van der Waals surface area contributed by atoms with Crippen LogP contribution in [0.15, 0.2) is 24.8 Å². The SMILES string of the molecule is C=C(F)c1ccc(C(=O)OC)c(C(F)(F)F)c1. The van der Waals surface area contributed by atoms with Gasteiger partial charge >= 0.3 is 12.1 Å². The van der Waals surface area contributed by atoms with Gasteiger partial charge in [0, 0.05) is 5.56 Å². The summed E-state index contributed by atoms with van der Waals surface area (Å²) in [5.74, 6) is -2.14. The highest BCUT2D eigenvalue weighted by Gasteiger charge is 2.36. The number of alkyl halides is 3. The fourth-order valence-corrected chi connectivity index (χ4v) is 1.24. The lowest BCUT2D eigenvalue weighted by molar-refractivity contribution is -0.138. The van der Waals surface area contributed by atoms with Crippen LogP contribution < -0.4 is 0 Å². The third kappa shape index (κ3) is 2.83. The van der Waals surface area contributed by atoms with Crippen LogP contribution in [0.3, 0.4) is 0 Å². The zero-order valence-corrected chi connectivity index (χ0v) is 8.77. The van der Waals surface area contributed by atoms with Gasteiger partial charge in [-0.05, 0) is 12.1 Å². The number of esters is 1. The molecule has 0 radical (unpaired) electrons. The van der Waals surface area contributed by atoms with Gasteiger partial charge in [0.05, 0.1) is 18.2 Å². The van der Waals surface area contributed by atoms with Crippen molar-refractivity contribution in [2.24, 2.45) is 0 Å². The van der Waals surface area contributed by atoms with Crippen molar-refractivity contribution >= 4 is 11.8 Å². The molecule has 0 fully saturated rings. The number of hydrogen-bond acceptors (Lipinski definition) is 2. The number of carbonyl (C=O) groups is 1. The number of ether oxygens (including phenoxy) is 1. The van der Waals surface area contributed by atoms with Crippen LogP contribution in [0.4, 0.5) is 17.6 Å². The minimum Gasteiger partial charge on any atom is -0.465 e. The summed E-state index contributed by atoms with van der Waals surface area (Å²) in [7, 11) is 0.963. The van der Waals surface area contributed by atoms with Crippen LogP contribution in [0.5, 0.6) is 0 Å². The number of hydrogen-bond donors (Lipinski definition) is 0. The molecule has 0 aliphatic rings. The first-order valence-electron chi connectivity index (χ1n) is 4.41. The third-order valence-corrected chi connectivity index (χ3v) is 2.04. The highest BCUT2D eigenvalue weighted by Crippen LogP contribution is 2.34. The van der Waals surface area contributed by atoms with Crippen LogP contribution in [-0.4, -0.2) is 13.1 Å². The van der Waals surface area contributed by atoms with Crippen molar-refractivity contribution in [3.63, 3.8) is 0 Å². The molecule has 0 saturated carbocycles. The van der Waals surface area contributed by atoms with Crippen molar-refractivity contribution in [2.45, 2.75) is 6.18 Å². The predicted octanol–water partition coefficient (Wildman–Crippen LogP) is 3.43. The van der Waals surface area contributed by atoms with Crippen LogP contribution in [-0.2, 0) is 10.9 Å². The Morgan fingerprint density at radius 2 is 1.94 bits per heavy atom. The molecule has 1 aromatic rings. The highest BCUT2D eigenvalue weighted by molar-refractivity contribution is 5.91. The molecule has 0 atom stereocenters. The summed E-state index contributed by atoms with van der Waals surface area (Å²) < 4.78 is 54.8. The number of carbonyl (C=O) groups excluding carboxylic acids is 1.